The number of fused-ring (bicyclic) bond motifs is 4. The highest BCUT2D eigenvalue weighted by Gasteiger charge is 2.49. The molecule has 0 radical (unpaired) electrons. The average molecular weight is 663 g/mol. The van der Waals surface area contributed by atoms with Crippen molar-refractivity contribution in [3.63, 3.8) is 0 Å². The first-order valence-corrected chi connectivity index (χ1v) is 16.7. The molecule has 0 saturated carbocycles. The van der Waals surface area contributed by atoms with Gasteiger partial charge in [-0.2, -0.15) is 9.97 Å². The number of aromatic nitrogens is 3. The van der Waals surface area contributed by atoms with Crippen molar-refractivity contribution in [1.29, 1.82) is 0 Å². The summed E-state index contributed by atoms with van der Waals surface area (Å²) < 4.78 is 44.4. The molecule has 2 aromatic carbocycles. The summed E-state index contributed by atoms with van der Waals surface area (Å²) in [4.78, 5) is 18.6. The van der Waals surface area contributed by atoms with Crippen LogP contribution in [0.1, 0.15) is 43.7 Å². The molecule has 12 heteroatoms. The van der Waals surface area contributed by atoms with E-state index in [0.29, 0.717) is 65.8 Å². The van der Waals surface area contributed by atoms with Crippen molar-refractivity contribution in [3.05, 3.63) is 47.8 Å². The Balaban J connectivity index is 1.34. The number of nitrogens with one attached hydrogen (secondary N) is 1. The molecule has 6 heterocycles. The van der Waals surface area contributed by atoms with Gasteiger partial charge in [0.1, 0.15) is 47.5 Å². The van der Waals surface area contributed by atoms with Crippen molar-refractivity contribution in [2.45, 2.75) is 63.3 Å². The third-order valence-electron chi connectivity index (χ3n) is 10.5. The topological polar surface area (TPSA) is 95.9 Å². The Kier molecular flexibility index (Phi) is 7.42. The molecule has 0 amide bonds. The van der Waals surface area contributed by atoms with Crippen molar-refractivity contribution in [2.24, 2.45) is 0 Å². The van der Waals surface area contributed by atoms with E-state index in [1.807, 2.05) is 19.1 Å². The maximum Gasteiger partial charge on any atom is 0.319 e. The molecule has 47 heavy (non-hydrogen) atoms. The van der Waals surface area contributed by atoms with Crippen molar-refractivity contribution in [1.82, 2.24) is 25.2 Å². The minimum atomic E-state index is -0.908. The number of benzene rings is 2. The van der Waals surface area contributed by atoms with Crippen LogP contribution in [0.25, 0.3) is 38.0 Å². The van der Waals surface area contributed by atoms with Gasteiger partial charge in [0, 0.05) is 53.6 Å². The SMILES string of the molecule is C=C(Cl)c1c(C)ccc2cc(O)cc(-c3nc4c5c(nc(OC[C@@]67CCCN6C[C@H](F)C7)nc5c3F)N3C[C@@H](CC)NC[C@H]3CO4)c12. The molecule has 0 unspecified atom stereocenters. The maximum absolute atomic E-state index is 17.2. The van der Waals surface area contributed by atoms with Crippen LogP contribution < -0.4 is 19.7 Å². The number of alkyl halides is 1. The molecule has 246 valence electrons. The minimum Gasteiger partial charge on any atom is -0.508 e. The molecule has 4 aliphatic rings. The van der Waals surface area contributed by atoms with E-state index in [2.05, 4.69) is 33.6 Å². The van der Waals surface area contributed by atoms with E-state index in [4.69, 9.17) is 31.0 Å². The molecule has 0 aliphatic carbocycles. The molecular weight excluding hydrogens is 626 g/mol. The number of rotatable bonds is 6. The molecular formula is C35H37ClF2N6O3. The lowest BCUT2D eigenvalue weighted by Crippen LogP contribution is -2.58. The predicted molar refractivity (Wildman–Crippen MR) is 179 cm³/mol. The molecule has 4 aliphatic heterocycles. The second kappa shape index (κ2) is 11.4. The summed E-state index contributed by atoms with van der Waals surface area (Å²) in [6, 6.07) is 6.94. The van der Waals surface area contributed by atoms with Gasteiger partial charge in [-0.3, -0.25) is 4.90 Å². The van der Waals surface area contributed by atoms with Crippen molar-refractivity contribution in [3.8, 4) is 28.9 Å². The van der Waals surface area contributed by atoms with Crippen molar-refractivity contribution in [2.75, 3.05) is 44.3 Å². The number of anilines is 1. The molecule has 8 rings (SSSR count). The molecule has 9 nitrogen and oxygen atoms in total. The fraction of sp³-hybridized carbons (Fsp3) is 0.457. The normalized spacial score (nSPS) is 25.5. The van der Waals surface area contributed by atoms with Gasteiger partial charge in [-0.1, -0.05) is 37.2 Å². The van der Waals surface area contributed by atoms with Crippen molar-refractivity contribution < 1.29 is 23.4 Å². The van der Waals surface area contributed by atoms with E-state index >= 15 is 4.39 Å². The number of halogens is 3. The van der Waals surface area contributed by atoms with Crippen LogP contribution in [0.5, 0.6) is 17.6 Å². The van der Waals surface area contributed by atoms with E-state index in [1.54, 1.807) is 6.07 Å². The van der Waals surface area contributed by atoms with Gasteiger partial charge in [-0.05, 0) is 55.8 Å². The van der Waals surface area contributed by atoms with Gasteiger partial charge in [0.25, 0.3) is 0 Å². The molecule has 3 fully saturated rings. The molecule has 2 N–H and O–H groups in total. The summed E-state index contributed by atoms with van der Waals surface area (Å²) in [6.07, 6.45) is 2.18. The Morgan fingerprint density at radius 1 is 1.23 bits per heavy atom. The number of piperazine rings is 1. The monoisotopic (exact) mass is 662 g/mol. The third-order valence-corrected chi connectivity index (χ3v) is 10.6. The summed E-state index contributed by atoms with van der Waals surface area (Å²) in [5.74, 6) is -0.0546. The van der Waals surface area contributed by atoms with Crippen LogP contribution in [0.2, 0.25) is 0 Å². The fourth-order valence-electron chi connectivity index (χ4n) is 8.12. The number of nitrogens with zero attached hydrogens (tertiary/aromatic N) is 5. The number of aryl methyl sites for hydroxylation is 1. The number of phenols is 1. The van der Waals surface area contributed by atoms with E-state index in [-0.39, 0.29) is 52.6 Å². The number of hydrogen-bond acceptors (Lipinski definition) is 9. The van der Waals surface area contributed by atoms with Gasteiger partial charge >= 0.3 is 6.01 Å². The highest BCUT2D eigenvalue weighted by atomic mass is 35.5. The zero-order valence-electron chi connectivity index (χ0n) is 26.5. The van der Waals surface area contributed by atoms with E-state index in [0.717, 1.165) is 31.4 Å². The minimum absolute atomic E-state index is 0.00296. The van der Waals surface area contributed by atoms with Gasteiger partial charge in [-0.15, -0.1) is 0 Å². The van der Waals surface area contributed by atoms with Crippen LogP contribution in [0.15, 0.2) is 30.8 Å². The zero-order chi connectivity index (χ0) is 32.6. The second-order valence-electron chi connectivity index (χ2n) is 13.4. The van der Waals surface area contributed by atoms with Crippen LogP contribution in [-0.2, 0) is 0 Å². The number of hydrogen-bond donors (Lipinski definition) is 2. The third kappa shape index (κ3) is 4.96. The summed E-state index contributed by atoms with van der Waals surface area (Å²) in [7, 11) is 0. The zero-order valence-corrected chi connectivity index (χ0v) is 27.2. The molecule has 0 bridgehead atoms. The average Bonchev–Trinajstić information content (AvgIpc) is 3.53. The lowest BCUT2D eigenvalue weighted by atomic mass is 9.93. The highest BCUT2D eigenvalue weighted by molar-refractivity contribution is 6.49. The first-order valence-electron chi connectivity index (χ1n) is 16.3. The van der Waals surface area contributed by atoms with Crippen LogP contribution in [0.4, 0.5) is 14.6 Å². The van der Waals surface area contributed by atoms with Crippen LogP contribution in [0, 0.1) is 12.7 Å². The van der Waals surface area contributed by atoms with Gasteiger partial charge in [0.2, 0.25) is 5.88 Å². The number of phenolic OH excluding ortho intramolecular Hbond substituents is 1. The molecule has 2 aromatic heterocycles. The van der Waals surface area contributed by atoms with E-state index < -0.39 is 17.5 Å². The molecule has 0 spiro atoms. The van der Waals surface area contributed by atoms with Crippen LogP contribution >= 0.6 is 11.6 Å². The predicted octanol–water partition coefficient (Wildman–Crippen LogP) is 6.11. The quantitative estimate of drug-likeness (QED) is 0.254. The standard InChI is InChI=1S/C35H37ClF2N6O3/c1-4-22-15-44-23(13-39-22)16-46-33-28-31(41-34(42-32(28)44)47-17-35-8-5-9-43(35)14-21(37)12-35)29(38)30(40-33)25-11-24(45)10-20-7-6-18(2)26(19(3)36)27(20)25/h6-7,10-11,21-23,39,45H,3-5,8-9,12-17H2,1-2H3/t21-,22-,23+,35+/m1/s1. The summed E-state index contributed by atoms with van der Waals surface area (Å²) in [5.41, 5.74) is 1.34. The lowest BCUT2D eigenvalue weighted by molar-refractivity contribution is 0.107. The van der Waals surface area contributed by atoms with Gasteiger partial charge < -0.3 is 24.8 Å². The number of ether oxygens (including phenoxy) is 2. The lowest BCUT2D eigenvalue weighted by Gasteiger charge is -2.39. The Hall–Kier alpha value is -3.80. The number of aromatic hydroxyl groups is 1. The maximum atomic E-state index is 17.2. The molecule has 4 atom stereocenters. The highest BCUT2D eigenvalue weighted by Crippen LogP contribution is 2.45. The van der Waals surface area contributed by atoms with Crippen LogP contribution in [-0.4, -0.2) is 88.1 Å². The Morgan fingerprint density at radius 3 is 2.89 bits per heavy atom. The smallest absolute Gasteiger partial charge is 0.319 e. The van der Waals surface area contributed by atoms with Gasteiger partial charge in [0.05, 0.1) is 11.6 Å². The Labute approximate surface area is 276 Å². The fourth-order valence-corrected chi connectivity index (χ4v) is 8.36. The first kappa shape index (κ1) is 30.5. The van der Waals surface area contributed by atoms with Crippen LogP contribution in [0.3, 0.4) is 0 Å². The number of pyridine rings is 1. The second-order valence-corrected chi connectivity index (χ2v) is 13.8. The molecule has 3 saturated heterocycles. The van der Waals surface area contributed by atoms with Gasteiger partial charge in [-0.25, -0.2) is 13.8 Å². The van der Waals surface area contributed by atoms with Gasteiger partial charge in [0.15, 0.2) is 5.82 Å². The van der Waals surface area contributed by atoms with E-state index in [9.17, 15) is 9.50 Å². The summed E-state index contributed by atoms with van der Waals surface area (Å²) in [5, 5.41) is 16.3. The largest absolute Gasteiger partial charge is 0.508 e. The summed E-state index contributed by atoms with van der Waals surface area (Å²) in [6.45, 7) is 11.0. The summed E-state index contributed by atoms with van der Waals surface area (Å²) >= 11 is 6.51. The Morgan fingerprint density at radius 2 is 2.09 bits per heavy atom. The molecule has 4 aromatic rings. The van der Waals surface area contributed by atoms with Crippen molar-refractivity contribution >= 4 is 44.1 Å². The first-order chi connectivity index (χ1) is 22.7. The van der Waals surface area contributed by atoms with E-state index in [1.165, 1.54) is 6.07 Å². The Bertz CT molecular complexity index is 1940.